The third-order valence-corrected chi connectivity index (χ3v) is 4.51. The van der Waals surface area contributed by atoms with Crippen molar-refractivity contribution < 1.29 is 28.8 Å². The van der Waals surface area contributed by atoms with Crippen LogP contribution in [-0.4, -0.2) is 47.5 Å². The lowest BCUT2D eigenvalue weighted by molar-refractivity contribution is 0.0501. The van der Waals surface area contributed by atoms with Crippen LogP contribution in [0.1, 0.15) is 37.0 Å². The Hall–Kier alpha value is -4.19. The van der Waals surface area contributed by atoms with Gasteiger partial charge in [-0.25, -0.2) is 9.78 Å². The van der Waals surface area contributed by atoms with Gasteiger partial charge in [0, 0.05) is 0 Å². The number of hydrogen-bond donors (Lipinski definition) is 2. The van der Waals surface area contributed by atoms with E-state index in [0.29, 0.717) is 48.1 Å². The minimum atomic E-state index is -0.728. The van der Waals surface area contributed by atoms with Gasteiger partial charge in [0.1, 0.15) is 18.2 Å². The van der Waals surface area contributed by atoms with Gasteiger partial charge < -0.3 is 29.0 Å². The van der Waals surface area contributed by atoms with Gasteiger partial charge in [0.15, 0.2) is 23.1 Å². The summed E-state index contributed by atoms with van der Waals surface area (Å²) in [4.78, 5) is 20.0. The highest BCUT2D eigenvalue weighted by atomic mass is 16.5. The van der Waals surface area contributed by atoms with Crippen LogP contribution >= 0.6 is 0 Å². The summed E-state index contributed by atoms with van der Waals surface area (Å²) in [7, 11) is 0. The summed E-state index contributed by atoms with van der Waals surface area (Å²) in [6.45, 7) is 6.04. The van der Waals surface area contributed by atoms with Crippen LogP contribution in [0.2, 0.25) is 0 Å². The van der Waals surface area contributed by atoms with Crippen LogP contribution in [0.25, 0.3) is 16.6 Å². The lowest BCUT2D eigenvalue weighted by atomic mass is 10.1. The van der Waals surface area contributed by atoms with Gasteiger partial charge >= 0.3 is 5.97 Å². The highest BCUT2D eigenvalue weighted by Gasteiger charge is 2.20. The molecule has 1 heterocycles. The first-order valence-electron chi connectivity index (χ1n) is 10.5. The topological polar surface area (TPSA) is 127 Å². The molecular weight excluding hydrogens is 426 g/mol. The molecule has 0 fully saturated rings. The Labute approximate surface area is 191 Å². The maximum Gasteiger partial charge on any atom is 0.338 e. The summed E-state index contributed by atoms with van der Waals surface area (Å²) in [5.74, 6) is 0.121. The van der Waals surface area contributed by atoms with E-state index < -0.39 is 18.3 Å². The number of imidazole rings is 1. The second-order valence-electron chi connectivity index (χ2n) is 6.71. The first kappa shape index (κ1) is 23.5. The van der Waals surface area contributed by atoms with Crippen LogP contribution in [0.3, 0.4) is 0 Å². The van der Waals surface area contributed by atoms with E-state index in [9.17, 15) is 15.2 Å². The molecule has 2 N–H and O–H groups in total. The molecule has 0 spiro atoms. The Bertz CT molecular complexity index is 1150. The van der Waals surface area contributed by atoms with Crippen molar-refractivity contribution in [3.05, 3.63) is 53.5 Å². The number of aromatic amines is 1. The third-order valence-electron chi connectivity index (χ3n) is 4.51. The average Bonchev–Trinajstić information content (AvgIpc) is 3.24. The van der Waals surface area contributed by atoms with Crippen LogP contribution in [0, 0.1) is 11.3 Å². The number of esters is 1. The van der Waals surface area contributed by atoms with E-state index in [1.54, 1.807) is 12.1 Å². The van der Waals surface area contributed by atoms with E-state index in [-0.39, 0.29) is 17.0 Å². The Balaban J connectivity index is 1.84. The number of carbonyl (C=O) groups excluding carboxylic acids is 1. The molecule has 172 valence electrons. The number of nitriles is 1. The van der Waals surface area contributed by atoms with Crippen LogP contribution in [0.4, 0.5) is 0 Å². The largest absolute Gasteiger partial charge is 0.507 e. The first-order valence-corrected chi connectivity index (χ1v) is 10.5. The van der Waals surface area contributed by atoms with Crippen molar-refractivity contribution in [3.63, 3.8) is 0 Å². The van der Waals surface area contributed by atoms with E-state index in [4.69, 9.17) is 18.9 Å². The van der Waals surface area contributed by atoms with Gasteiger partial charge in [0.25, 0.3) is 0 Å². The van der Waals surface area contributed by atoms with Gasteiger partial charge in [-0.1, -0.05) is 12.1 Å². The highest BCUT2D eigenvalue weighted by molar-refractivity contribution is 5.91. The number of H-pyrrole nitrogens is 1. The molecule has 1 aromatic heterocycles. The molecule has 0 aliphatic carbocycles. The number of rotatable bonds is 10. The van der Waals surface area contributed by atoms with Crippen LogP contribution in [0.15, 0.2) is 42.2 Å². The van der Waals surface area contributed by atoms with E-state index in [2.05, 4.69) is 9.97 Å². The molecule has 33 heavy (non-hydrogen) atoms. The summed E-state index contributed by atoms with van der Waals surface area (Å²) >= 11 is 0. The molecule has 0 saturated carbocycles. The van der Waals surface area contributed by atoms with Crippen LogP contribution in [0.5, 0.6) is 17.2 Å². The lowest BCUT2D eigenvalue weighted by Gasteiger charge is -2.16. The fourth-order valence-electron chi connectivity index (χ4n) is 3.12. The van der Waals surface area contributed by atoms with Gasteiger partial charge in [-0.05, 0) is 45.0 Å². The molecule has 0 bridgehead atoms. The Morgan fingerprint density at radius 1 is 1.06 bits per heavy atom. The second kappa shape index (κ2) is 10.9. The Morgan fingerprint density at radius 2 is 1.70 bits per heavy atom. The van der Waals surface area contributed by atoms with E-state index in [1.807, 2.05) is 39.0 Å². The Kier molecular flexibility index (Phi) is 7.76. The number of hydrogen-bond acceptors (Lipinski definition) is 8. The first-order chi connectivity index (χ1) is 16.0. The van der Waals surface area contributed by atoms with Crippen molar-refractivity contribution in [2.45, 2.75) is 20.8 Å². The molecule has 0 aliphatic rings. The maximum absolute atomic E-state index is 12.7. The molecule has 9 heteroatoms. The number of fused-ring (bicyclic) bond motifs is 1. The zero-order valence-corrected chi connectivity index (χ0v) is 18.7. The van der Waals surface area contributed by atoms with Crippen LogP contribution in [-0.2, 0) is 4.74 Å². The molecular formula is C24H25N3O6. The molecule has 3 rings (SSSR count). The maximum atomic E-state index is 12.7. The predicted octanol–water partition coefficient (Wildman–Crippen LogP) is 4.41. The van der Waals surface area contributed by atoms with Crippen molar-refractivity contribution in [3.8, 4) is 23.3 Å². The average molecular weight is 451 g/mol. The number of ether oxygens (including phenoxy) is 4. The number of benzene rings is 2. The SMILES string of the molecule is CCOc1cc(C(=O)OCC(O)=C(C#N)c2nc3ccccc3[nH]2)cc(OCC)c1OCC. The zero-order valence-electron chi connectivity index (χ0n) is 18.7. The number of aromatic nitrogens is 2. The summed E-state index contributed by atoms with van der Waals surface area (Å²) in [5.41, 5.74) is 1.40. The molecule has 0 atom stereocenters. The van der Waals surface area contributed by atoms with Gasteiger partial charge in [0.05, 0.1) is 36.4 Å². The zero-order chi connectivity index (χ0) is 23.8. The molecule has 3 aromatic rings. The van der Waals surface area contributed by atoms with Crippen molar-refractivity contribution in [2.75, 3.05) is 26.4 Å². The van der Waals surface area contributed by atoms with E-state index in [0.717, 1.165) is 0 Å². The smallest absolute Gasteiger partial charge is 0.338 e. The normalized spacial score (nSPS) is 11.5. The summed E-state index contributed by atoms with van der Waals surface area (Å²) in [5, 5.41) is 19.9. The number of aliphatic hydroxyl groups excluding tert-OH is 1. The lowest BCUT2D eigenvalue weighted by Crippen LogP contribution is -2.11. The molecule has 0 saturated heterocycles. The second-order valence-corrected chi connectivity index (χ2v) is 6.71. The minimum Gasteiger partial charge on any atom is -0.507 e. The summed E-state index contributed by atoms with van der Waals surface area (Å²) in [6.07, 6.45) is 0. The number of carbonyl (C=O) groups is 1. The van der Waals surface area contributed by atoms with Gasteiger partial charge in [-0.2, -0.15) is 5.26 Å². The number of nitrogens with one attached hydrogen (secondary N) is 1. The number of aliphatic hydroxyl groups is 1. The summed E-state index contributed by atoms with van der Waals surface area (Å²) < 4.78 is 22.1. The monoisotopic (exact) mass is 451 g/mol. The molecule has 9 nitrogen and oxygen atoms in total. The number of nitrogens with zero attached hydrogens (tertiary/aromatic N) is 2. The fraction of sp³-hybridized carbons (Fsp3) is 0.292. The molecule has 0 amide bonds. The molecule has 0 aliphatic heterocycles. The van der Waals surface area contributed by atoms with Crippen LogP contribution < -0.4 is 14.2 Å². The fourth-order valence-corrected chi connectivity index (χ4v) is 3.12. The van der Waals surface area contributed by atoms with Crippen molar-refractivity contribution in [1.29, 1.82) is 5.26 Å². The third kappa shape index (κ3) is 5.36. The quantitative estimate of drug-likeness (QED) is 0.264. The Morgan fingerprint density at radius 3 is 2.27 bits per heavy atom. The van der Waals surface area contributed by atoms with Crippen molar-refractivity contribution >= 4 is 22.6 Å². The van der Waals surface area contributed by atoms with Gasteiger partial charge in [-0.3, -0.25) is 0 Å². The van der Waals surface area contributed by atoms with Crippen molar-refractivity contribution in [1.82, 2.24) is 9.97 Å². The number of para-hydroxylation sites is 2. The van der Waals surface area contributed by atoms with Gasteiger partial charge in [0.2, 0.25) is 5.75 Å². The summed E-state index contributed by atoms with van der Waals surface area (Å²) in [6, 6.07) is 12.1. The highest BCUT2D eigenvalue weighted by Crippen LogP contribution is 2.39. The molecule has 0 unspecified atom stereocenters. The van der Waals surface area contributed by atoms with Gasteiger partial charge in [-0.15, -0.1) is 0 Å². The molecule has 0 radical (unpaired) electrons. The van der Waals surface area contributed by atoms with E-state index >= 15 is 0 Å². The molecule has 2 aromatic carbocycles. The number of allylic oxidation sites excluding steroid dienone is 1. The van der Waals surface area contributed by atoms with Crippen molar-refractivity contribution in [2.24, 2.45) is 0 Å². The predicted molar refractivity (Wildman–Crippen MR) is 121 cm³/mol. The minimum absolute atomic E-state index is 0.115. The van der Waals surface area contributed by atoms with E-state index in [1.165, 1.54) is 12.1 Å². The standard InChI is InChI=1S/C24H25N3O6/c1-4-30-20-11-15(12-21(31-5-2)22(20)32-6-3)24(29)33-14-19(28)16(13-25)23-26-17-9-7-8-10-18(17)27-23/h7-12,28H,4-6,14H2,1-3H3,(H,26,27).